The van der Waals surface area contributed by atoms with Crippen LogP contribution in [0.1, 0.15) is 42.4 Å². The van der Waals surface area contributed by atoms with Crippen LogP contribution in [0.25, 0.3) is 0 Å². The van der Waals surface area contributed by atoms with Crippen molar-refractivity contribution >= 4 is 11.9 Å². The van der Waals surface area contributed by atoms with E-state index in [2.05, 4.69) is 0 Å². The maximum Gasteiger partial charge on any atom is 0.309 e. The predicted molar refractivity (Wildman–Crippen MR) is 56.3 cm³/mol. The van der Waals surface area contributed by atoms with Crippen LogP contribution >= 0.6 is 0 Å². The smallest absolute Gasteiger partial charge is 0.309 e. The van der Waals surface area contributed by atoms with Crippen LogP contribution in [0.4, 0.5) is 0 Å². The number of hydrogen-bond acceptors (Lipinski definition) is 4. The lowest BCUT2D eigenvalue weighted by Gasteiger charge is -2.29. The molecule has 2 atom stereocenters. The summed E-state index contributed by atoms with van der Waals surface area (Å²) in [7, 11) is 0. The number of rotatable bonds is 4. The van der Waals surface area contributed by atoms with Gasteiger partial charge in [-0.3, -0.25) is 9.59 Å². The molecule has 0 aromatic heterocycles. The fraction of sp³-hybridized carbons (Fsp3) is 0.818. The van der Waals surface area contributed by atoms with E-state index in [0.29, 0.717) is 0 Å². The second-order valence-corrected chi connectivity index (χ2v) is 4.31. The highest BCUT2D eigenvalue weighted by molar-refractivity contribution is 5.71. The van der Waals surface area contributed by atoms with Crippen molar-refractivity contribution in [2.45, 2.75) is 47.1 Å². The normalized spacial score (nSPS) is 16.2. The minimum Gasteiger partial charge on any atom is -0.466 e. The minimum atomic E-state index is -1.20. The van der Waals surface area contributed by atoms with E-state index in [1.807, 2.05) is 0 Å². The fourth-order valence-electron chi connectivity index (χ4n) is 0.954. The Balaban J connectivity index is 4.75. The van der Waals surface area contributed by atoms with Gasteiger partial charge >= 0.3 is 11.9 Å². The molecule has 4 nitrogen and oxygen atoms in total. The Labute approximate surface area is 92.3 Å². The van der Waals surface area contributed by atoms with E-state index in [-0.39, 0.29) is 6.61 Å². The summed E-state index contributed by atoms with van der Waals surface area (Å²) in [5, 5.41) is 0. The molecule has 0 bridgehead atoms. The molecule has 4 heteroatoms. The zero-order valence-corrected chi connectivity index (χ0v) is 9.99. The lowest BCUT2D eigenvalue weighted by molar-refractivity contribution is -0.159. The van der Waals surface area contributed by atoms with Gasteiger partial charge in [0.2, 0.25) is 0 Å². The average molecular weight is 217 g/mol. The SMILES string of the molecule is [2H][C@H](C(=O)OCC)[C@H](OC(C)=O)C(C)(C)C. The summed E-state index contributed by atoms with van der Waals surface area (Å²) in [6.07, 6.45) is -2.01. The lowest BCUT2D eigenvalue weighted by Crippen LogP contribution is -2.33. The molecule has 0 saturated heterocycles. The van der Waals surface area contributed by atoms with Crippen LogP contribution in [0, 0.1) is 5.41 Å². The highest BCUT2D eigenvalue weighted by Gasteiger charge is 2.30. The molecule has 0 rings (SSSR count). The fourth-order valence-corrected chi connectivity index (χ4v) is 0.954. The molecule has 0 fully saturated rings. The van der Waals surface area contributed by atoms with Crippen molar-refractivity contribution in [3.63, 3.8) is 0 Å². The monoisotopic (exact) mass is 217 g/mol. The first kappa shape index (κ1) is 12.0. The van der Waals surface area contributed by atoms with Crippen molar-refractivity contribution in [2.24, 2.45) is 5.41 Å². The van der Waals surface area contributed by atoms with Crippen molar-refractivity contribution in [1.29, 1.82) is 0 Å². The Hall–Kier alpha value is -1.06. The molecular weight excluding hydrogens is 196 g/mol. The first-order valence-corrected chi connectivity index (χ1v) is 4.96. The zero-order chi connectivity index (χ0) is 12.9. The van der Waals surface area contributed by atoms with Gasteiger partial charge in [0.05, 0.1) is 13.0 Å². The summed E-state index contributed by atoms with van der Waals surface area (Å²) < 4.78 is 17.5. The predicted octanol–water partition coefficient (Wildman–Crippen LogP) is 1.92. The third-order valence-corrected chi connectivity index (χ3v) is 1.72. The Bertz CT molecular complexity index is 257. The van der Waals surface area contributed by atoms with Crippen LogP contribution in [0.3, 0.4) is 0 Å². The number of hydrogen-bond donors (Lipinski definition) is 0. The van der Waals surface area contributed by atoms with Gasteiger partial charge in [0, 0.05) is 8.29 Å². The topological polar surface area (TPSA) is 52.6 Å². The highest BCUT2D eigenvalue weighted by atomic mass is 16.6. The Morgan fingerprint density at radius 1 is 1.40 bits per heavy atom. The van der Waals surface area contributed by atoms with Crippen molar-refractivity contribution < 1.29 is 20.4 Å². The number of carbonyl (C=O) groups excluding carboxylic acids is 2. The zero-order valence-electron chi connectivity index (χ0n) is 11.0. The lowest BCUT2D eigenvalue weighted by atomic mass is 9.87. The largest absolute Gasteiger partial charge is 0.466 e. The molecule has 0 aromatic rings. The highest BCUT2D eigenvalue weighted by Crippen LogP contribution is 2.25. The summed E-state index contributed by atoms with van der Waals surface area (Å²) >= 11 is 0. The van der Waals surface area contributed by atoms with E-state index in [1.54, 1.807) is 27.7 Å². The molecule has 0 aliphatic rings. The molecule has 0 unspecified atom stereocenters. The van der Waals surface area contributed by atoms with Gasteiger partial charge < -0.3 is 9.47 Å². The summed E-state index contributed by atoms with van der Waals surface area (Å²) in [6.45, 7) is 8.56. The molecule has 0 radical (unpaired) electrons. The standard InChI is InChI=1S/C11H20O4/c1-6-14-10(13)7-9(11(3,4)5)15-8(2)12/h9H,6-7H2,1-5H3/t9-/m0/s1/i7D/t7-,9-. The van der Waals surface area contributed by atoms with E-state index >= 15 is 0 Å². The van der Waals surface area contributed by atoms with Crippen LogP contribution in [0.5, 0.6) is 0 Å². The maximum atomic E-state index is 11.4. The van der Waals surface area contributed by atoms with Crippen molar-refractivity contribution in [3.05, 3.63) is 0 Å². The molecule has 0 aliphatic carbocycles. The molecule has 0 heterocycles. The molecule has 0 aliphatic heterocycles. The van der Waals surface area contributed by atoms with Gasteiger partial charge in [-0.25, -0.2) is 0 Å². The summed E-state index contributed by atoms with van der Waals surface area (Å²) in [4.78, 5) is 22.3. The van der Waals surface area contributed by atoms with Crippen LogP contribution in [0.2, 0.25) is 0 Å². The molecule has 0 saturated carbocycles. The maximum absolute atomic E-state index is 11.4. The van der Waals surface area contributed by atoms with Crippen LogP contribution < -0.4 is 0 Å². The van der Waals surface area contributed by atoms with E-state index in [9.17, 15) is 9.59 Å². The molecule has 0 N–H and O–H groups in total. The van der Waals surface area contributed by atoms with Gasteiger partial charge in [-0.2, -0.15) is 0 Å². The average Bonchev–Trinajstić information content (AvgIpc) is 2.11. The Morgan fingerprint density at radius 2 is 1.93 bits per heavy atom. The molecule has 15 heavy (non-hydrogen) atoms. The Kier molecular flexibility index (Phi) is 4.59. The third-order valence-electron chi connectivity index (χ3n) is 1.72. The second-order valence-electron chi connectivity index (χ2n) is 4.31. The molecule has 0 aromatic carbocycles. The molecule has 0 amide bonds. The van der Waals surface area contributed by atoms with Crippen LogP contribution in [-0.4, -0.2) is 24.6 Å². The van der Waals surface area contributed by atoms with Gasteiger partial charge in [0.15, 0.2) is 0 Å². The number of carbonyl (C=O) groups is 2. The van der Waals surface area contributed by atoms with Gasteiger partial charge in [0.1, 0.15) is 6.10 Å². The minimum absolute atomic E-state index is 0.213. The Morgan fingerprint density at radius 3 is 2.27 bits per heavy atom. The van der Waals surface area contributed by atoms with Gasteiger partial charge in [-0.15, -0.1) is 0 Å². The second kappa shape index (κ2) is 5.73. The number of esters is 2. The van der Waals surface area contributed by atoms with Crippen molar-refractivity contribution in [2.75, 3.05) is 6.61 Å². The summed E-state index contributed by atoms with van der Waals surface area (Å²) in [5.41, 5.74) is -0.481. The first-order valence-electron chi connectivity index (χ1n) is 5.54. The van der Waals surface area contributed by atoms with Gasteiger partial charge in [0.25, 0.3) is 0 Å². The van der Waals surface area contributed by atoms with Crippen molar-refractivity contribution in [1.82, 2.24) is 0 Å². The van der Waals surface area contributed by atoms with Crippen molar-refractivity contribution in [3.8, 4) is 0 Å². The van der Waals surface area contributed by atoms with Crippen LogP contribution in [0.15, 0.2) is 0 Å². The van der Waals surface area contributed by atoms with E-state index in [4.69, 9.17) is 10.8 Å². The molecular formula is C11H20O4. The van der Waals surface area contributed by atoms with Crippen LogP contribution in [-0.2, 0) is 19.1 Å². The summed E-state index contributed by atoms with van der Waals surface area (Å²) in [5.74, 6) is -1.16. The quantitative estimate of drug-likeness (QED) is 0.675. The summed E-state index contributed by atoms with van der Waals surface area (Å²) in [6, 6.07) is 0. The van der Waals surface area contributed by atoms with E-state index < -0.39 is 29.9 Å². The number of ether oxygens (including phenoxy) is 2. The van der Waals surface area contributed by atoms with E-state index in [1.165, 1.54) is 6.92 Å². The first-order chi connectivity index (χ1) is 7.20. The third kappa shape index (κ3) is 6.10. The van der Waals surface area contributed by atoms with Gasteiger partial charge in [-0.1, -0.05) is 20.8 Å². The molecule has 88 valence electrons. The van der Waals surface area contributed by atoms with E-state index in [0.717, 1.165) is 0 Å². The van der Waals surface area contributed by atoms with Gasteiger partial charge in [-0.05, 0) is 12.3 Å². The molecule has 0 spiro atoms.